The number of hydrogen-bond acceptors (Lipinski definition) is 1. The third kappa shape index (κ3) is 4.84. The van der Waals surface area contributed by atoms with Crippen LogP contribution in [0.5, 0.6) is 0 Å². The minimum Gasteiger partial charge on any atom is -0.295 e. The molecule has 1 aromatic rings. The van der Waals surface area contributed by atoms with E-state index in [4.69, 9.17) is 0 Å². The van der Waals surface area contributed by atoms with Gasteiger partial charge >= 0.3 is 0 Å². The van der Waals surface area contributed by atoms with Crippen molar-refractivity contribution in [3.63, 3.8) is 0 Å². The maximum absolute atomic E-state index is 11.1. The molecular formula is C17H18O. The third-order valence-corrected chi connectivity index (χ3v) is 2.36. The Balaban J connectivity index is 2.83. The second kappa shape index (κ2) is 6.61. The number of rotatable bonds is 2. The molecule has 0 heterocycles. The number of Topliss-reactive ketones (excluding diaryl/α,β-unsaturated/α-hetero) is 1. The summed E-state index contributed by atoms with van der Waals surface area (Å²) in [6.07, 6.45) is 4.05. The van der Waals surface area contributed by atoms with Crippen molar-refractivity contribution < 1.29 is 4.79 Å². The van der Waals surface area contributed by atoms with Crippen LogP contribution < -0.4 is 0 Å². The molecule has 0 bridgehead atoms. The molecule has 1 rings (SSSR count). The second-order valence-corrected chi connectivity index (χ2v) is 4.48. The van der Waals surface area contributed by atoms with E-state index < -0.39 is 0 Å². The van der Waals surface area contributed by atoms with Gasteiger partial charge in [-0.3, -0.25) is 4.79 Å². The molecule has 0 aromatic heterocycles. The minimum atomic E-state index is 0.0779. The Kier molecular flexibility index (Phi) is 5.14. The highest BCUT2D eigenvalue weighted by Gasteiger charge is 1.96. The maximum Gasteiger partial charge on any atom is 0.159 e. The fourth-order valence-electron chi connectivity index (χ4n) is 1.29. The van der Waals surface area contributed by atoms with Crippen LogP contribution in [0.4, 0.5) is 0 Å². The van der Waals surface area contributed by atoms with Crippen molar-refractivity contribution in [2.45, 2.75) is 27.7 Å². The monoisotopic (exact) mass is 238 g/mol. The molecule has 0 spiro atoms. The molecule has 1 heteroatoms. The average Bonchev–Trinajstić information content (AvgIpc) is 2.34. The predicted molar refractivity (Wildman–Crippen MR) is 76.5 cm³/mol. The topological polar surface area (TPSA) is 17.1 Å². The highest BCUT2D eigenvalue weighted by Crippen LogP contribution is 2.04. The summed E-state index contributed by atoms with van der Waals surface area (Å²) < 4.78 is 0. The molecule has 0 unspecified atom stereocenters. The van der Waals surface area contributed by atoms with Crippen molar-refractivity contribution in [2.75, 3.05) is 0 Å². The van der Waals surface area contributed by atoms with E-state index in [1.807, 2.05) is 43.3 Å². The van der Waals surface area contributed by atoms with Gasteiger partial charge in [0.2, 0.25) is 0 Å². The van der Waals surface area contributed by atoms with E-state index in [-0.39, 0.29) is 5.78 Å². The van der Waals surface area contributed by atoms with Gasteiger partial charge in [0.1, 0.15) is 0 Å². The van der Waals surface area contributed by atoms with Gasteiger partial charge in [-0.15, -0.1) is 0 Å². The average molecular weight is 238 g/mol. The SMILES string of the molecule is CC(=O)c1ccc(C#C/C(C)=C/C=C(C)C)cc1. The van der Waals surface area contributed by atoms with Gasteiger partial charge in [-0.2, -0.15) is 0 Å². The van der Waals surface area contributed by atoms with Crippen LogP contribution in [-0.4, -0.2) is 5.78 Å². The molecule has 0 saturated carbocycles. The zero-order valence-electron chi connectivity index (χ0n) is 11.4. The van der Waals surface area contributed by atoms with Crippen LogP contribution in [-0.2, 0) is 0 Å². The standard InChI is InChI=1S/C17H18O/c1-13(2)5-6-14(3)7-8-16-9-11-17(12-10-16)15(4)18/h5-6,9-12H,1-4H3/b14-6+. The summed E-state index contributed by atoms with van der Waals surface area (Å²) in [5.41, 5.74) is 3.91. The Hall–Kier alpha value is -2.07. The molecule has 0 fully saturated rings. The number of carbonyl (C=O) groups is 1. The fraction of sp³-hybridized carbons (Fsp3) is 0.235. The quantitative estimate of drug-likeness (QED) is 0.429. The Morgan fingerprint density at radius 1 is 1.00 bits per heavy atom. The number of allylic oxidation sites excluding steroid dienone is 4. The van der Waals surface area contributed by atoms with E-state index in [9.17, 15) is 4.79 Å². The van der Waals surface area contributed by atoms with Crippen molar-refractivity contribution in [3.05, 3.63) is 58.7 Å². The second-order valence-electron chi connectivity index (χ2n) is 4.48. The van der Waals surface area contributed by atoms with E-state index in [0.29, 0.717) is 0 Å². The van der Waals surface area contributed by atoms with Gasteiger partial charge < -0.3 is 0 Å². The summed E-state index contributed by atoms with van der Waals surface area (Å²) in [7, 11) is 0. The molecule has 0 amide bonds. The lowest BCUT2D eigenvalue weighted by molar-refractivity contribution is 0.101. The van der Waals surface area contributed by atoms with E-state index in [0.717, 1.165) is 16.7 Å². The summed E-state index contributed by atoms with van der Waals surface area (Å²) in [4.78, 5) is 11.1. The van der Waals surface area contributed by atoms with Gasteiger partial charge in [-0.05, 0) is 45.4 Å². The first-order valence-electron chi connectivity index (χ1n) is 5.94. The van der Waals surface area contributed by atoms with Crippen molar-refractivity contribution in [1.29, 1.82) is 0 Å². The first-order chi connectivity index (χ1) is 8.49. The summed E-state index contributed by atoms with van der Waals surface area (Å²) in [6, 6.07) is 7.36. The van der Waals surface area contributed by atoms with Gasteiger partial charge in [0.05, 0.1) is 0 Å². The van der Waals surface area contributed by atoms with Crippen LogP contribution in [0.2, 0.25) is 0 Å². The van der Waals surface area contributed by atoms with Crippen molar-refractivity contribution in [2.24, 2.45) is 0 Å². The van der Waals surface area contributed by atoms with Gasteiger partial charge in [-0.25, -0.2) is 0 Å². The number of benzene rings is 1. The fourth-order valence-corrected chi connectivity index (χ4v) is 1.29. The first kappa shape index (κ1) is 14.0. The molecule has 0 aliphatic carbocycles. The molecule has 92 valence electrons. The zero-order chi connectivity index (χ0) is 13.5. The number of ketones is 1. The molecule has 0 saturated heterocycles. The molecule has 1 nitrogen and oxygen atoms in total. The third-order valence-electron chi connectivity index (χ3n) is 2.36. The molecule has 0 N–H and O–H groups in total. The summed E-state index contributed by atoms with van der Waals surface area (Å²) in [5, 5.41) is 0. The number of carbonyl (C=O) groups excluding carboxylic acids is 1. The van der Waals surface area contributed by atoms with Gasteiger partial charge in [-0.1, -0.05) is 41.7 Å². The van der Waals surface area contributed by atoms with Crippen molar-refractivity contribution in [1.82, 2.24) is 0 Å². The largest absolute Gasteiger partial charge is 0.295 e. The smallest absolute Gasteiger partial charge is 0.159 e. The lowest BCUT2D eigenvalue weighted by atomic mass is 10.1. The number of hydrogen-bond donors (Lipinski definition) is 0. The Morgan fingerprint density at radius 3 is 2.11 bits per heavy atom. The summed E-state index contributed by atoms with van der Waals surface area (Å²) in [6.45, 7) is 7.65. The van der Waals surface area contributed by atoms with Crippen LogP contribution >= 0.6 is 0 Å². The normalized spacial score (nSPS) is 10.3. The van der Waals surface area contributed by atoms with Gasteiger partial charge in [0.25, 0.3) is 0 Å². The van der Waals surface area contributed by atoms with Crippen LogP contribution in [0.15, 0.2) is 47.6 Å². The zero-order valence-corrected chi connectivity index (χ0v) is 11.4. The lowest BCUT2D eigenvalue weighted by Crippen LogP contribution is -1.90. The van der Waals surface area contributed by atoms with Crippen LogP contribution in [0, 0.1) is 11.8 Å². The predicted octanol–water partition coefficient (Wildman–Crippen LogP) is 4.15. The maximum atomic E-state index is 11.1. The molecule has 0 aliphatic rings. The summed E-state index contributed by atoms with van der Waals surface area (Å²) >= 11 is 0. The van der Waals surface area contributed by atoms with E-state index in [2.05, 4.69) is 25.7 Å². The van der Waals surface area contributed by atoms with E-state index in [1.54, 1.807) is 6.92 Å². The highest BCUT2D eigenvalue weighted by atomic mass is 16.1. The van der Waals surface area contributed by atoms with Crippen LogP contribution in [0.25, 0.3) is 0 Å². The highest BCUT2D eigenvalue weighted by molar-refractivity contribution is 5.94. The molecule has 0 aliphatic heterocycles. The van der Waals surface area contributed by atoms with Crippen molar-refractivity contribution in [3.8, 4) is 11.8 Å². The molecule has 0 atom stereocenters. The van der Waals surface area contributed by atoms with Crippen LogP contribution in [0.3, 0.4) is 0 Å². The van der Waals surface area contributed by atoms with Gasteiger partial charge in [0.15, 0.2) is 5.78 Å². The molecule has 0 radical (unpaired) electrons. The Morgan fingerprint density at radius 2 is 1.61 bits per heavy atom. The van der Waals surface area contributed by atoms with Gasteiger partial charge in [0, 0.05) is 11.1 Å². The minimum absolute atomic E-state index is 0.0779. The first-order valence-corrected chi connectivity index (χ1v) is 5.94. The van der Waals surface area contributed by atoms with Crippen LogP contribution in [0.1, 0.15) is 43.6 Å². The molecule has 1 aromatic carbocycles. The summed E-state index contributed by atoms with van der Waals surface area (Å²) in [5.74, 6) is 6.24. The van der Waals surface area contributed by atoms with E-state index >= 15 is 0 Å². The molecular weight excluding hydrogens is 220 g/mol. The van der Waals surface area contributed by atoms with E-state index in [1.165, 1.54) is 5.57 Å². The lowest BCUT2D eigenvalue weighted by Gasteiger charge is -1.94. The Labute approximate surface area is 109 Å². The Bertz CT molecular complexity index is 542. The van der Waals surface area contributed by atoms with Crippen molar-refractivity contribution >= 4 is 5.78 Å². The molecule has 18 heavy (non-hydrogen) atoms.